The van der Waals surface area contributed by atoms with Crippen LogP contribution in [-0.2, 0) is 24.2 Å². The lowest BCUT2D eigenvalue weighted by atomic mass is 9.86. The van der Waals surface area contributed by atoms with Gasteiger partial charge >= 0.3 is 13.7 Å². The van der Waals surface area contributed by atoms with Gasteiger partial charge in [-0.3, -0.25) is 9.32 Å². The fourth-order valence-corrected chi connectivity index (χ4v) is 6.11. The van der Waals surface area contributed by atoms with E-state index in [1.54, 1.807) is 37.3 Å². The second-order valence-electron chi connectivity index (χ2n) is 9.61. The number of nitrogens with two attached hydrogens (primary N) is 1. The SMILES string of the molecule is CC[C@]1(c2ccc3c(N)ncnn23)O[C@](C#N)(COP(=O)(NC(C)(C)C(=O)O)Oc2ccccc2)[C@@H](O)[C@H]1O. The molecule has 14 nitrogen and oxygen atoms in total. The second-order valence-corrected chi connectivity index (χ2v) is 11.3. The maximum atomic E-state index is 13.8. The number of para-hydroxylation sites is 1. The number of nitriles is 1. The molecule has 1 aliphatic rings. The van der Waals surface area contributed by atoms with Crippen LogP contribution in [0, 0.1) is 11.3 Å². The number of carboxylic acids is 1. The summed E-state index contributed by atoms with van der Waals surface area (Å²) in [7, 11) is -4.52. The zero-order chi connectivity index (χ0) is 28.6. The first-order valence-corrected chi connectivity index (χ1v) is 13.5. The molecule has 0 aliphatic carbocycles. The van der Waals surface area contributed by atoms with Crippen molar-refractivity contribution in [3.8, 4) is 11.8 Å². The Bertz CT molecular complexity index is 1460. The molecule has 1 saturated heterocycles. The highest BCUT2D eigenvalue weighted by atomic mass is 31.2. The van der Waals surface area contributed by atoms with Gasteiger partial charge in [0.1, 0.15) is 53.6 Å². The van der Waals surface area contributed by atoms with Crippen molar-refractivity contribution in [3.63, 3.8) is 0 Å². The van der Waals surface area contributed by atoms with Gasteiger partial charge < -0.3 is 30.3 Å². The van der Waals surface area contributed by atoms with E-state index < -0.39 is 49.3 Å². The Kier molecular flexibility index (Phi) is 7.44. The van der Waals surface area contributed by atoms with Crippen molar-refractivity contribution < 1.29 is 38.5 Å². The normalized spacial score (nSPS) is 26.7. The Hall–Kier alpha value is -3.57. The molecule has 0 radical (unpaired) electrons. The fraction of sp³-hybridized carbons (Fsp3) is 0.417. The standard InChI is InChI=1S/C24H29N6O8P/c1-4-24(17-11-10-16-20(26)27-14-28-30(16)17)19(32)18(31)23(12-25,38-24)13-36-39(35,29-22(2,3)21(33)34)37-15-8-6-5-7-9-15/h5-11,14,18-19,31-32H,4,13H2,1-3H3,(H,29,35)(H,33,34)(H2,26,27,28)/t18-,19+,23+,24+,39?/m0/s1. The first-order chi connectivity index (χ1) is 18.3. The smallest absolute Gasteiger partial charge is 0.459 e. The Morgan fingerprint density at radius 1 is 1.28 bits per heavy atom. The summed E-state index contributed by atoms with van der Waals surface area (Å²) in [4.78, 5) is 15.7. The van der Waals surface area contributed by atoms with Gasteiger partial charge in [-0.25, -0.2) is 14.1 Å². The summed E-state index contributed by atoms with van der Waals surface area (Å²) in [5.41, 5.74) is 0.941. The molecule has 0 amide bonds. The number of hydrogen-bond donors (Lipinski definition) is 5. The number of aliphatic carboxylic acids is 1. The van der Waals surface area contributed by atoms with Crippen molar-refractivity contribution in [2.75, 3.05) is 12.3 Å². The summed E-state index contributed by atoms with van der Waals surface area (Å²) in [6, 6.07) is 12.9. The fourth-order valence-electron chi connectivity index (χ4n) is 4.40. The summed E-state index contributed by atoms with van der Waals surface area (Å²) in [6.45, 7) is 3.31. The number of carbonyl (C=O) groups is 1. The summed E-state index contributed by atoms with van der Waals surface area (Å²) < 4.78 is 32.4. The van der Waals surface area contributed by atoms with E-state index in [2.05, 4.69) is 15.2 Å². The third-order valence-electron chi connectivity index (χ3n) is 6.62. The second kappa shape index (κ2) is 10.2. The molecule has 0 spiro atoms. The lowest BCUT2D eigenvalue weighted by Crippen LogP contribution is -2.48. The largest absolute Gasteiger partial charge is 0.480 e. The molecule has 6 N–H and O–H groups in total. The number of aliphatic hydroxyl groups is 2. The van der Waals surface area contributed by atoms with Crippen LogP contribution in [0.1, 0.15) is 32.9 Å². The van der Waals surface area contributed by atoms with Crippen molar-refractivity contribution in [1.82, 2.24) is 19.7 Å². The number of carboxylic acid groups (broad SMARTS) is 1. The number of nitrogens with zero attached hydrogens (tertiary/aromatic N) is 4. The van der Waals surface area contributed by atoms with Gasteiger partial charge in [0, 0.05) is 0 Å². The number of rotatable bonds is 10. The van der Waals surface area contributed by atoms with Gasteiger partial charge in [0.05, 0.1) is 5.69 Å². The van der Waals surface area contributed by atoms with Crippen LogP contribution < -0.4 is 15.3 Å². The van der Waals surface area contributed by atoms with Crippen LogP contribution in [0.5, 0.6) is 5.75 Å². The van der Waals surface area contributed by atoms with E-state index in [4.69, 9.17) is 19.5 Å². The van der Waals surface area contributed by atoms with Crippen LogP contribution in [0.25, 0.3) is 5.52 Å². The molecule has 1 unspecified atom stereocenters. The number of anilines is 1. The van der Waals surface area contributed by atoms with Crippen molar-refractivity contribution in [2.45, 2.75) is 56.1 Å². The minimum Gasteiger partial charge on any atom is -0.480 e. The Morgan fingerprint density at radius 2 is 1.97 bits per heavy atom. The first-order valence-electron chi connectivity index (χ1n) is 11.9. The minimum absolute atomic E-state index is 0.0765. The van der Waals surface area contributed by atoms with Gasteiger partial charge in [-0.1, -0.05) is 25.1 Å². The number of nitrogens with one attached hydrogen (secondary N) is 1. The topological polar surface area (TPSA) is 215 Å². The van der Waals surface area contributed by atoms with Crippen LogP contribution in [0.2, 0.25) is 0 Å². The molecule has 4 rings (SSSR count). The summed E-state index contributed by atoms with van der Waals surface area (Å²) in [5, 5.41) is 48.6. The van der Waals surface area contributed by atoms with E-state index in [0.29, 0.717) is 5.52 Å². The molecular weight excluding hydrogens is 531 g/mol. The van der Waals surface area contributed by atoms with Gasteiger partial charge in [0.25, 0.3) is 0 Å². The molecule has 1 aromatic carbocycles. The van der Waals surface area contributed by atoms with E-state index >= 15 is 0 Å². The Labute approximate surface area is 223 Å². The Balaban J connectivity index is 1.70. The van der Waals surface area contributed by atoms with E-state index in [9.17, 15) is 29.9 Å². The monoisotopic (exact) mass is 560 g/mol. The molecule has 2 aromatic heterocycles. The van der Waals surface area contributed by atoms with Crippen LogP contribution in [-0.4, -0.2) is 65.8 Å². The maximum absolute atomic E-state index is 13.8. The zero-order valence-electron chi connectivity index (χ0n) is 21.4. The van der Waals surface area contributed by atoms with Gasteiger partial charge in [-0.15, -0.1) is 0 Å². The lowest BCUT2D eigenvalue weighted by Gasteiger charge is -2.32. The molecule has 208 valence electrons. The predicted octanol–water partition coefficient (Wildman–Crippen LogP) is 1.59. The van der Waals surface area contributed by atoms with Crippen molar-refractivity contribution in [1.29, 1.82) is 5.26 Å². The molecule has 1 aliphatic heterocycles. The van der Waals surface area contributed by atoms with Crippen molar-refractivity contribution in [3.05, 3.63) is 54.5 Å². The first kappa shape index (κ1) is 28.4. The molecule has 15 heteroatoms. The number of aliphatic hydroxyl groups excluding tert-OH is 2. The number of aromatic nitrogens is 3. The molecule has 3 aromatic rings. The Morgan fingerprint density at radius 3 is 2.59 bits per heavy atom. The average molecular weight is 561 g/mol. The number of fused-ring (bicyclic) bond motifs is 1. The minimum atomic E-state index is -4.52. The third-order valence-corrected chi connectivity index (χ3v) is 8.37. The van der Waals surface area contributed by atoms with Crippen molar-refractivity contribution >= 4 is 25.1 Å². The highest BCUT2D eigenvalue weighted by molar-refractivity contribution is 7.52. The number of ether oxygens (including phenoxy) is 1. The molecule has 3 heterocycles. The molecule has 0 saturated carbocycles. The van der Waals surface area contributed by atoms with Crippen LogP contribution >= 0.6 is 7.75 Å². The summed E-state index contributed by atoms with van der Waals surface area (Å²) >= 11 is 0. The maximum Gasteiger partial charge on any atom is 0.459 e. The molecule has 1 fully saturated rings. The molecule has 39 heavy (non-hydrogen) atoms. The van der Waals surface area contributed by atoms with E-state index in [1.807, 2.05) is 6.07 Å². The van der Waals surface area contributed by atoms with Gasteiger partial charge in [0.15, 0.2) is 5.82 Å². The van der Waals surface area contributed by atoms with E-state index in [0.717, 1.165) is 0 Å². The van der Waals surface area contributed by atoms with Gasteiger partial charge in [-0.05, 0) is 44.5 Å². The third kappa shape index (κ3) is 4.96. The number of benzene rings is 1. The van der Waals surface area contributed by atoms with Crippen LogP contribution in [0.3, 0.4) is 0 Å². The quantitative estimate of drug-likeness (QED) is 0.223. The van der Waals surface area contributed by atoms with Crippen LogP contribution in [0.15, 0.2) is 48.8 Å². The molecule has 5 atom stereocenters. The average Bonchev–Trinajstić information content (AvgIpc) is 3.43. The lowest BCUT2D eigenvalue weighted by molar-refractivity contribution is -0.143. The zero-order valence-corrected chi connectivity index (χ0v) is 22.3. The molecular formula is C24H29N6O8P. The van der Waals surface area contributed by atoms with Gasteiger partial charge in [-0.2, -0.15) is 15.4 Å². The predicted molar refractivity (Wildman–Crippen MR) is 136 cm³/mol. The van der Waals surface area contributed by atoms with E-state index in [1.165, 1.54) is 36.8 Å². The summed E-state index contributed by atoms with van der Waals surface area (Å²) in [5.74, 6) is -1.10. The number of nitrogen functional groups attached to an aromatic ring is 1. The number of hydrogen-bond acceptors (Lipinski definition) is 11. The van der Waals surface area contributed by atoms with E-state index in [-0.39, 0.29) is 23.7 Å². The highest BCUT2D eigenvalue weighted by Gasteiger charge is 2.64. The molecule has 0 bridgehead atoms. The van der Waals surface area contributed by atoms with Gasteiger partial charge in [0.2, 0.25) is 5.60 Å². The summed E-state index contributed by atoms with van der Waals surface area (Å²) in [6.07, 6.45) is -2.21. The highest BCUT2D eigenvalue weighted by Crippen LogP contribution is 2.51. The van der Waals surface area contributed by atoms with Crippen molar-refractivity contribution in [2.24, 2.45) is 0 Å². The van der Waals surface area contributed by atoms with Crippen LogP contribution in [0.4, 0.5) is 5.82 Å².